The average Bonchev–Trinajstić information content (AvgIpc) is 3.27. The normalized spacial score (nSPS) is 11.4. The van der Waals surface area contributed by atoms with Gasteiger partial charge in [-0.25, -0.2) is 4.98 Å². The summed E-state index contributed by atoms with van der Waals surface area (Å²) in [5, 5.41) is 8.78. The van der Waals surface area contributed by atoms with Crippen LogP contribution >= 0.6 is 0 Å². The van der Waals surface area contributed by atoms with Gasteiger partial charge in [0.15, 0.2) is 11.5 Å². The number of nitrogens with zero attached hydrogens (tertiary/aromatic N) is 4. The molecule has 0 bridgehead atoms. The molecule has 1 N–H and O–H groups in total. The van der Waals surface area contributed by atoms with E-state index in [9.17, 15) is 4.79 Å². The van der Waals surface area contributed by atoms with Crippen molar-refractivity contribution in [3.63, 3.8) is 0 Å². The van der Waals surface area contributed by atoms with Crippen molar-refractivity contribution < 1.29 is 13.9 Å². The molecular weight excluding hydrogens is 410 g/mol. The molecule has 0 spiro atoms. The van der Waals surface area contributed by atoms with E-state index in [1.807, 2.05) is 30.3 Å². The van der Waals surface area contributed by atoms with Crippen molar-refractivity contribution in [3.05, 3.63) is 64.5 Å². The second-order valence-corrected chi connectivity index (χ2v) is 7.60. The third-order valence-electron chi connectivity index (χ3n) is 5.17. The topological polar surface area (TPSA) is 106 Å². The number of aromatic amines is 1. The van der Waals surface area contributed by atoms with Crippen LogP contribution < -0.4 is 15.0 Å². The fourth-order valence-corrected chi connectivity index (χ4v) is 3.39. The Morgan fingerprint density at radius 3 is 2.44 bits per heavy atom. The standard InChI is InChI=1S/C23H25N5O4/c1-14(2)28(13-21-26-27-23(32-21)15-8-6-5-7-9-15)12-20-24-17-11-19(31-4)18(30-3)10-16(17)22(29)25-20/h5-11,14H,12-13H2,1-4H3,(H,24,25,29). The highest BCUT2D eigenvalue weighted by Gasteiger charge is 2.18. The number of benzene rings is 2. The minimum absolute atomic E-state index is 0.147. The van der Waals surface area contributed by atoms with Crippen molar-refractivity contribution in [3.8, 4) is 23.0 Å². The average molecular weight is 435 g/mol. The van der Waals surface area contributed by atoms with Gasteiger partial charge in [-0.1, -0.05) is 18.2 Å². The number of hydrogen-bond acceptors (Lipinski definition) is 8. The SMILES string of the molecule is COc1cc2nc(CN(Cc3nnc(-c4ccccc4)o3)C(C)C)[nH]c(=O)c2cc1OC. The lowest BCUT2D eigenvalue weighted by atomic mass is 10.2. The molecule has 0 radical (unpaired) electrons. The van der Waals surface area contributed by atoms with Crippen LogP contribution in [0, 0.1) is 0 Å². The van der Waals surface area contributed by atoms with Gasteiger partial charge in [-0.05, 0) is 32.0 Å². The van der Waals surface area contributed by atoms with Gasteiger partial charge in [-0.2, -0.15) is 0 Å². The summed E-state index contributed by atoms with van der Waals surface area (Å²) in [5.41, 5.74) is 1.17. The van der Waals surface area contributed by atoms with E-state index < -0.39 is 0 Å². The van der Waals surface area contributed by atoms with Crippen LogP contribution in [-0.4, -0.2) is 45.3 Å². The monoisotopic (exact) mass is 435 g/mol. The zero-order valence-electron chi connectivity index (χ0n) is 18.5. The summed E-state index contributed by atoms with van der Waals surface area (Å²) >= 11 is 0. The van der Waals surface area contributed by atoms with Crippen LogP contribution in [0.5, 0.6) is 11.5 Å². The predicted octanol–water partition coefficient (Wildman–Crippen LogP) is 3.40. The van der Waals surface area contributed by atoms with E-state index in [0.717, 1.165) is 5.56 Å². The van der Waals surface area contributed by atoms with E-state index in [4.69, 9.17) is 13.9 Å². The fourth-order valence-electron chi connectivity index (χ4n) is 3.39. The molecule has 0 saturated heterocycles. The first-order chi connectivity index (χ1) is 15.5. The van der Waals surface area contributed by atoms with Crippen molar-refractivity contribution in [1.82, 2.24) is 25.1 Å². The molecule has 0 aliphatic rings. The van der Waals surface area contributed by atoms with Crippen LogP contribution in [0.25, 0.3) is 22.4 Å². The molecule has 2 heterocycles. The first kappa shape index (κ1) is 21.5. The molecule has 0 amide bonds. The van der Waals surface area contributed by atoms with Crippen LogP contribution in [0.1, 0.15) is 25.6 Å². The molecule has 0 fully saturated rings. The summed E-state index contributed by atoms with van der Waals surface area (Å²) in [6.07, 6.45) is 0. The van der Waals surface area contributed by atoms with Crippen molar-refractivity contribution in [2.24, 2.45) is 0 Å². The molecular formula is C23H25N5O4. The zero-order valence-corrected chi connectivity index (χ0v) is 18.5. The lowest BCUT2D eigenvalue weighted by Crippen LogP contribution is -2.31. The number of fused-ring (bicyclic) bond motifs is 1. The van der Waals surface area contributed by atoms with E-state index in [0.29, 0.717) is 53.1 Å². The number of rotatable bonds is 8. The third kappa shape index (κ3) is 4.47. The molecule has 4 rings (SSSR count). The first-order valence-electron chi connectivity index (χ1n) is 10.2. The van der Waals surface area contributed by atoms with Gasteiger partial charge in [0, 0.05) is 17.7 Å². The van der Waals surface area contributed by atoms with Crippen molar-refractivity contribution >= 4 is 10.9 Å². The highest BCUT2D eigenvalue weighted by atomic mass is 16.5. The summed E-state index contributed by atoms with van der Waals surface area (Å²) in [6.45, 7) is 4.94. The lowest BCUT2D eigenvalue weighted by Gasteiger charge is -2.24. The van der Waals surface area contributed by atoms with E-state index in [1.54, 1.807) is 19.2 Å². The van der Waals surface area contributed by atoms with Crippen molar-refractivity contribution in [2.45, 2.75) is 33.0 Å². The van der Waals surface area contributed by atoms with Crippen molar-refractivity contribution in [1.29, 1.82) is 0 Å². The van der Waals surface area contributed by atoms with E-state index in [1.165, 1.54) is 7.11 Å². The summed E-state index contributed by atoms with van der Waals surface area (Å²) in [6, 6.07) is 13.1. The molecule has 2 aromatic heterocycles. The van der Waals surface area contributed by atoms with Crippen LogP contribution in [0.4, 0.5) is 0 Å². The molecule has 2 aromatic carbocycles. The smallest absolute Gasteiger partial charge is 0.258 e. The Kier molecular flexibility index (Phi) is 6.18. The number of ether oxygens (including phenoxy) is 2. The molecule has 9 heteroatoms. The van der Waals surface area contributed by atoms with Crippen molar-refractivity contribution in [2.75, 3.05) is 14.2 Å². The summed E-state index contributed by atoms with van der Waals surface area (Å²) < 4.78 is 16.5. The van der Waals surface area contributed by atoms with Crippen LogP contribution in [0.15, 0.2) is 51.7 Å². The molecule has 4 aromatic rings. The molecule has 32 heavy (non-hydrogen) atoms. The Labute approximate surface area is 185 Å². The van der Waals surface area contributed by atoms with Gasteiger partial charge in [0.05, 0.1) is 38.2 Å². The molecule has 0 atom stereocenters. The summed E-state index contributed by atoms with van der Waals surface area (Å²) in [7, 11) is 3.08. The minimum atomic E-state index is -0.237. The van der Waals surface area contributed by atoms with Gasteiger partial charge in [0.25, 0.3) is 5.56 Å². The fraction of sp³-hybridized carbons (Fsp3) is 0.304. The molecule has 0 aliphatic heterocycles. The number of nitrogens with one attached hydrogen (secondary N) is 1. The summed E-state index contributed by atoms with van der Waals surface area (Å²) in [5.74, 6) is 2.50. The molecule has 0 unspecified atom stereocenters. The molecule has 9 nitrogen and oxygen atoms in total. The van der Waals surface area contributed by atoms with Gasteiger partial charge < -0.3 is 18.9 Å². The largest absolute Gasteiger partial charge is 0.493 e. The number of H-pyrrole nitrogens is 1. The Morgan fingerprint density at radius 1 is 1.03 bits per heavy atom. The summed E-state index contributed by atoms with van der Waals surface area (Å²) in [4.78, 5) is 22.3. The number of methoxy groups -OCH3 is 2. The second kappa shape index (κ2) is 9.19. The second-order valence-electron chi connectivity index (χ2n) is 7.60. The zero-order chi connectivity index (χ0) is 22.7. The van der Waals surface area contributed by atoms with E-state index in [2.05, 4.69) is 38.9 Å². The Balaban J connectivity index is 1.59. The maximum absolute atomic E-state index is 12.7. The molecule has 166 valence electrons. The van der Waals surface area contributed by atoms with Gasteiger partial charge in [-0.3, -0.25) is 9.69 Å². The van der Waals surface area contributed by atoms with E-state index in [-0.39, 0.29) is 11.6 Å². The lowest BCUT2D eigenvalue weighted by molar-refractivity contribution is 0.180. The Morgan fingerprint density at radius 2 is 1.75 bits per heavy atom. The van der Waals surface area contributed by atoms with Crippen LogP contribution in [0.2, 0.25) is 0 Å². The van der Waals surface area contributed by atoms with Crippen LogP contribution in [0.3, 0.4) is 0 Å². The van der Waals surface area contributed by atoms with Gasteiger partial charge >= 0.3 is 0 Å². The van der Waals surface area contributed by atoms with Gasteiger partial charge in [0.1, 0.15) is 5.82 Å². The number of hydrogen-bond donors (Lipinski definition) is 1. The van der Waals surface area contributed by atoms with E-state index >= 15 is 0 Å². The van der Waals surface area contributed by atoms with Gasteiger partial charge in [-0.15, -0.1) is 10.2 Å². The minimum Gasteiger partial charge on any atom is -0.493 e. The Bertz CT molecular complexity index is 1270. The quantitative estimate of drug-likeness (QED) is 0.449. The predicted molar refractivity (Wildman–Crippen MR) is 120 cm³/mol. The molecule has 0 saturated carbocycles. The third-order valence-corrected chi connectivity index (χ3v) is 5.17. The highest BCUT2D eigenvalue weighted by molar-refractivity contribution is 5.81. The Hall–Kier alpha value is -3.72. The van der Waals surface area contributed by atoms with Crippen LogP contribution in [-0.2, 0) is 13.1 Å². The first-order valence-corrected chi connectivity index (χ1v) is 10.2. The maximum atomic E-state index is 12.7. The maximum Gasteiger partial charge on any atom is 0.258 e. The van der Waals surface area contributed by atoms with Gasteiger partial charge in [0.2, 0.25) is 11.8 Å². The number of aromatic nitrogens is 4. The molecule has 0 aliphatic carbocycles. The highest BCUT2D eigenvalue weighted by Crippen LogP contribution is 2.30.